The maximum Gasteiger partial charge on any atom is 0.426 e. The lowest BCUT2D eigenvalue weighted by Crippen LogP contribution is -2.59. The third kappa shape index (κ3) is 3.82. The molecule has 6 nitrogen and oxygen atoms in total. The first-order valence-corrected chi connectivity index (χ1v) is 10.6. The van der Waals surface area contributed by atoms with Gasteiger partial charge in [-0.15, -0.1) is 0 Å². The summed E-state index contributed by atoms with van der Waals surface area (Å²) in [7, 11) is 0. The van der Waals surface area contributed by atoms with E-state index in [1.165, 1.54) is 0 Å². The van der Waals surface area contributed by atoms with Crippen LogP contribution in [0, 0.1) is 11.8 Å². The minimum atomic E-state index is -5.01. The number of piperidine rings is 1. The van der Waals surface area contributed by atoms with Crippen molar-refractivity contribution in [3.8, 4) is 11.4 Å². The van der Waals surface area contributed by atoms with E-state index < -0.39 is 17.7 Å². The highest BCUT2D eigenvalue weighted by atomic mass is 35.5. The van der Waals surface area contributed by atoms with Crippen LogP contribution in [0.4, 0.5) is 13.2 Å². The third-order valence-corrected chi connectivity index (χ3v) is 6.97. The van der Waals surface area contributed by atoms with Gasteiger partial charge in [-0.05, 0) is 62.3 Å². The Hall–Kier alpha value is -2.13. The SMILES string of the molecule is C[C@@H]1CN(C(=O)C(C)(O)C(F)(F)F)CCC1C1(c2nc(-c3ccc(Cl)cc3)n[nH]2)CC1. The highest BCUT2D eigenvalue weighted by Crippen LogP contribution is 2.57. The Morgan fingerprint density at radius 3 is 2.48 bits per heavy atom. The number of carbonyl (C=O) groups is 1. The van der Waals surface area contributed by atoms with Crippen molar-refractivity contribution >= 4 is 17.5 Å². The Labute approximate surface area is 182 Å². The summed E-state index contributed by atoms with van der Waals surface area (Å²) in [5, 5.41) is 17.8. The van der Waals surface area contributed by atoms with E-state index in [1.807, 2.05) is 19.1 Å². The van der Waals surface area contributed by atoms with Gasteiger partial charge >= 0.3 is 6.18 Å². The van der Waals surface area contributed by atoms with E-state index >= 15 is 0 Å². The topological polar surface area (TPSA) is 82.1 Å². The lowest BCUT2D eigenvalue weighted by Gasteiger charge is -2.42. The molecule has 1 aromatic carbocycles. The molecule has 2 heterocycles. The molecule has 1 aromatic heterocycles. The third-order valence-electron chi connectivity index (χ3n) is 6.72. The van der Waals surface area contributed by atoms with Crippen LogP contribution in [-0.2, 0) is 10.2 Å². The van der Waals surface area contributed by atoms with Crippen LogP contribution in [-0.4, -0.2) is 56.0 Å². The average Bonchev–Trinajstić information content (AvgIpc) is 3.35. The van der Waals surface area contributed by atoms with Gasteiger partial charge < -0.3 is 10.0 Å². The number of H-pyrrole nitrogens is 1. The number of aromatic nitrogens is 3. The van der Waals surface area contributed by atoms with Gasteiger partial charge in [-0.25, -0.2) is 4.98 Å². The number of carbonyl (C=O) groups excluding carboxylic acids is 1. The van der Waals surface area contributed by atoms with Crippen LogP contribution in [0.3, 0.4) is 0 Å². The van der Waals surface area contributed by atoms with Gasteiger partial charge in [0.25, 0.3) is 5.91 Å². The molecule has 0 bridgehead atoms. The second kappa shape index (κ2) is 7.48. The van der Waals surface area contributed by atoms with Gasteiger partial charge in [0.15, 0.2) is 5.82 Å². The van der Waals surface area contributed by atoms with E-state index in [-0.39, 0.29) is 30.3 Å². The summed E-state index contributed by atoms with van der Waals surface area (Å²) in [6, 6.07) is 7.22. The zero-order valence-electron chi connectivity index (χ0n) is 17.2. The largest absolute Gasteiger partial charge is 0.426 e. The predicted molar refractivity (Wildman–Crippen MR) is 108 cm³/mol. The maximum absolute atomic E-state index is 13.1. The summed E-state index contributed by atoms with van der Waals surface area (Å²) in [6.45, 7) is 2.78. The highest BCUT2D eigenvalue weighted by molar-refractivity contribution is 6.30. The number of halogens is 4. The fourth-order valence-corrected chi connectivity index (χ4v) is 4.84. The summed E-state index contributed by atoms with van der Waals surface area (Å²) in [5.41, 5.74) is -2.75. The van der Waals surface area contributed by atoms with Crippen LogP contribution in [0.5, 0.6) is 0 Å². The molecule has 2 aliphatic rings. The van der Waals surface area contributed by atoms with Crippen molar-refractivity contribution in [3.05, 3.63) is 35.1 Å². The van der Waals surface area contributed by atoms with Crippen molar-refractivity contribution in [3.63, 3.8) is 0 Å². The molecule has 168 valence electrons. The van der Waals surface area contributed by atoms with Crippen LogP contribution in [0.25, 0.3) is 11.4 Å². The molecule has 1 amide bonds. The highest BCUT2D eigenvalue weighted by Gasteiger charge is 2.59. The summed E-state index contributed by atoms with van der Waals surface area (Å²) in [6.07, 6.45) is -2.66. The number of nitrogens with zero attached hydrogens (tertiary/aromatic N) is 3. The van der Waals surface area contributed by atoms with Crippen molar-refractivity contribution in [2.75, 3.05) is 13.1 Å². The van der Waals surface area contributed by atoms with Gasteiger partial charge in [0.2, 0.25) is 5.60 Å². The van der Waals surface area contributed by atoms with E-state index in [1.54, 1.807) is 12.1 Å². The summed E-state index contributed by atoms with van der Waals surface area (Å²) in [4.78, 5) is 18.2. The van der Waals surface area contributed by atoms with E-state index in [9.17, 15) is 23.1 Å². The normalized spacial score (nSPS) is 25.2. The molecule has 2 unspecified atom stereocenters. The molecule has 2 fully saturated rings. The molecule has 3 atom stereocenters. The van der Waals surface area contributed by atoms with Crippen molar-refractivity contribution in [2.45, 2.75) is 50.3 Å². The predicted octanol–water partition coefficient (Wildman–Crippen LogP) is 3.95. The Morgan fingerprint density at radius 2 is 1.94 bits per heavy atom. The van der Waals surface area contributed by atoms with Gasteiger partial charge in [0.1, 0.15) is 5.82 Å². The molecule has 2 aromatic rings. The number of amides is 1. The second-order valence-electron chi connectivity index (χ2n) is 8.86. The van der Waals surface area contributed by atoms with E-state index in [2.05, 4.69) is 10.2 Å². The molecule has 1 saturated heterocycles. The molecule has 0 spiro atoms. The first-order valence-electron chi connectivity index (χ1n) is 10.2. The van der Waals surface area contributed by atoms with Gasteiger partial charge in [0.05, 0.1) is 0 Å². The fraction of sp³-hybridized carbons (Fsp3) is 0.571. The molecule has 10 heteroatoms. The molecule has 1 saturated carbocycles. The van der Waals surface area contributed by atoms with Crippen molar-refractivity contribution in [2.24, 2.45) is 11.8 Å². The summed E-state index contributed by atoms with van der Waals surface area (Å²) < 4.78 is 39.2. The molecule has 1 aliphatic heterocycles. The van der Waals surface area contributed by atoms with Gasteiger partial charge in [-0.2, -0.15) is 18.3 Å². The van der Waals surface area contributed by atoms with Gasteiger partial charge in [-0.3, -0.25) is 9.89 Å². The fourth-order valence-electron chi connectivity index (χ4n) is 4.71. The molecule has 0 radical (unpaired) electrons. The number of rotatable bonds is 4. The second-order valence-corrected chi connectivity index (χ2v) is 9.30. The van der Waals surface area contributed by atoms with Crippen LogP contribution in [0.2, 0.25) is 5.02 Å². The molecular weight excluding hydrogens is 433 g/mol. The number of aliphatic hydroxyl groups is 1. The number of hydrogen-bond donors (Lipinski definition) is 2. The minimum absolute atomic E-state index is 0.0479. The zero-order valence-corrected chi connectivity index (χ0v) is 18.0. The van der Waals surface area contributed by atoms with E-state index in [0.29, 0.717) is 24.2 Å². The Balaban J connectivity index is 1.49. The van der Waals surface area contributed by atoms with Gasteiger partial charge in [0, 0.05) is 29.1 Å². The molecular formula is C21H24ClF3N4O2. The first kappa shape index (κ1) is 22.1. The number of nitrogens with one attached hydrogen (secondary N) is 1. The number of benzene rings is 1. The lowest BCUT2D eigenvalue weighted by molar-refractivity contribution is -0.251. The van der Waals surface area contributed by atoms with Crippen LogP contribution in [0.1, 0.15) is 38.9 Å². The van der Waals surface area contributed by atoms with Crippen molar-refractivity contribution < 1.29 is 23.1 Å². The van der Waals surface area contributed by atoms with Gasteiger partial charge in [-0.1, -0.05) is 18.5 Å². The van der Waals surface area contributed by atoms with Crippen LogP contribution in [0.15, 0.2) is 24.3 Å². The molecule has 4 rings (SSSR count). The Bertz CT molecular complexity index is 970. The number of hydrogen-bond acceptors (Lipinski definition) is 4. The standard InChI is InChI=1S/C21H24ClF3N4O2/c1-12-11-29(18(30)19(2,31)21(23,24)25)10-7-15(12)20(8-9-20)17-26-16(27-28-17)13-3-5-14(22)6-4-13/h3-6,12,15,31H,7-11H2,1-2H3,(H,26,27,28)/t12-,15?,19?/m1/s1. The molecule has 1 aliphatic carbocycles. The molecule has 2 N–H and O–H groups in total. The Kier molecular flexibility index (Phi) is 5.33. The lowest BCUT2D eigenvalue weighted by atomic mass is 9.74. The molecule has 31 heavy (non-hydrogen) atoms. The van der Waals surface area contributed by atoms with Crippen LogP contribution >= 0.6 is 11.6 Å². The summed E-state index contributed by atoms with van der Waals surface area (Å²) >= 11 is 5.94. The monoisotopic (exact) mass is 456 g/mol. The zero-order chi connectivity index (χ0) is 22.6. The van der Waals surface area contributed by atoms with Crippen molar-refractivity contribution in [1.82, 2.24) is 20.1 Å². The van der Waals surface area contributed by atoms with E-state index in [0.717, 1.165) is 29.1 Å². The smallest absolute Gasteiger partial charge is 0.373 e. The average molecular weight is 457 g/mol. The minimum Gasteiger partial charge on any atom is -0.373 e. The summed E-state index contributed by atoms with van der Waals surface area (Å²) in [5.74, 6) is 0.155. The van der Waals surface area contributed by atoms with Crippen molar-refractivity contribution in [1.29, 1.82) is 0 Å². The first-order chi connectivity index (χ1) is 14.5. The number of likely N-dealkylation sites (tertiary alicyclic amines) is 1. The number of aromatic amines is 1. The maximum atomic E-state index is 13.1. The van der Waals surface area contributed by atoms with Crippen LogP contribution < -0.4 is 0 Å². The Morgan fingerprint density at radius 1 is 1.29 bits per heavy atom. The quantitative estimate of drug-likeness (QED) is 0.729. The van der Waals surface area contributed by atoms with E-state index in [4.69, 9.17) is 16.6 Å². The number of alkyl halides is 3.